The predicted molar refractivity (Wildman–Crippen MR) is 90.2 cm³/mol. The molecule has 0 saturated heterocycles. The Morgan fingerprint density at radius 3 is 1.73 bits per heavy atom. The normalized spacial score (nSPS) is 12.1. The van der Waals surface area contributed by atoms with Crippen molar-refractivity contribution in [2.45, 2.75) is 60.3 Å². The Kier molecular flexibility index (Phi) is 12.8. The van der Waals surface area contributed by atoms with Crippen LogP contribution in [0.2, 0.25) is 0 Å². The van der Waals surface area contributed by atoms with Gasteiger partial charge in [-0.3, -0.25) is 4.79 Å². The zero-order valence-electron chi connectivity index (χ0n) is 15.3. The number of hydrogen-bond acceptors (Lipinski definition) is 4. The number of ether oxygens (including phenoxy) is 3. The van der Waals surface area contributed by atoms with Crippen molar-refractivity contribution in [3.05, 3.63) is 0 Å². The fourth-order valence-corrected chi connectivity index (χ4v) is 1.88. The SMILES string of the molecule is CC(C)C(=O)CCCOCCOCCOCCCC(C)(C)C. The van der Waals surface area contributed by atoms with Gasteiger partial charge in [-0.2, -0.15) is 0 Å². The molecule has 0 aromatic carbocycles. The highest BCUT2D eigenvalue weighted by Gasteiger charge is 2.08. The number of Topliss-reactive ketones (excluding diaryl/α,β-unsaturated/α-hetero) is 1. The van der Waals surface area contributed by atoms with Crippen molar-refractivity contribution >= 4 is 5.78 Å². The van der Waals surface area contributed by atoms with E-state index in [-0.39, 0.29) is 5.92 Å². The molecule has 0 aromatic rings. The third-order valence-electron chi connectivity index (χ3n) is 3.32. The molecule has 0 N–H and O–H groups in total. The number of carbonyl (C=O) groups excluding carboxylic acids is 1. The van der Waals surface area contributed by atoms with Crippen molar-refractivity contribution in [2.75, 3.05) is 39.6 Å². The summed E-state index contributed by atoms with van der Waals surface area (Å²) < 4.78 is 16.4. The molecule has 0 atom stereocenters. The zero-order chi connectivity index (χ0) is 16.8. The molecule has 132 valence electrons. The summed E-state index contributed by atoms with van der Waals surface area (Å²) in [4.78, 5) is 11.4. The van der Waals surface area contributed by atoms with Gasteiger partial charge in [-0.25, -0.2) is 0 Å². The summed E-state index contributed by atoms with van der Waals surface area (Å²) in [6.45, 7) is 14.5. The smallest absolute Gasteiger partial charge is 0.135 e. The lowest BCUT2D eigenvalue weighted by atomic mass is 9.91. The molecule has 4 nitrogen and oxygen atoms in total. The van der Waals surface area contributed by atoms with Gasteiger partial charge in [-0.15, -0.1) is 0 Å². The van der Waals surface area contributed by atoms with Crippen LogP contribution in [0.4, 0.5) is 0 Å². The van der Waals surface area contributed by atoms with Crippen molar-refractivity contribution in [1.29, 1.82) is 0 Å². The Morgan fingerprint density at radius 1 is 0.818 bits per heavy atom. The quantitative estimate of drug-likeness (QED) is 0.456. The van der Waals surface area contributed by atoms with Gasteiger partial charge in [-0.1, -0.05) is 34.6 Å². The summed E-state index contributed by atoms with van der Waals surface area (Å²) in [5.74, 6) is 0.440. The largest absolute Gasteiger partial charge is 0.379 e. The molecule has 0 amide bonds. The average molecular weight is 316 g/mol. The molecule has 0 saturated carbocycles. The fourth-order valence-electron chi connectivity index (χ4n) is 1.88. The standard InChI is InChI=1S/C18H36O4/c1-16(2)17(19)8-6-10-20-12-14-22-15-13-21-11-7-9-18(3,4)5/h16H,6-15H2,1-5H3. The fraction of sp³-hybridized carbons (Fsp3) is 0.944. The second kappa shape index (κ2) is 13.0. The lowest BCUT2D eigenvalue weighted by molar-refractivity contribution is -0.122. The third-order valence-corrected chi connectivity index (χ3v) is 3.32. The first-order valence-corrected chi connectivity index (χ1v) is 8.59. The highest BCUT2D eigenvalue weighted by Crippen LogP contribution is 2.20. The molecule has 0 spiro atoms. The average Bonchev–Trinajstić information content (AvgIpc) is 2.42. The maximum atomic E-state index is 11.4. The Balaban J connectivity index is 3.13. The van der Waals surface area contributed by atoms with Gasteiger partial charge in [0.15, 0.2) is 0 Å². The first kappa shape index (κ1) is 21.6. The Morgan fingerprint density at radius 2 is 1.27 bits per heavy atom. The minimum atomic E-state index is 0.131. The molecule has 0 fully saturated rings. The molecule has 0 aliphatic rings. The molecule has 0 unspecified atom stereocenters. The highest BCUT2D eigenvalue weighted by molar-refractivity contribution is 5.80. The van der Waals surface area contributed by atoms with Gasteiger partial charge < -0.3 is 14.2 Å². The Labute approximate surface area is 136 Å². The van der Waals surface area contributed by atoms with E-state index >= 15 is 0 Å². The van der Waals surface area contributed by atoms with E-state index in [0.717, 1.165) is 19.4 Å². The van der Waals surface area contributed by atoms with E-state index < -0.39 is 0 Å². The molecular formula is C18H36O4. The van der Waals surface area contributed by atoms with Crippen LogP contribution in [-0.4, -0.2) is 45.4 Å². The van der Waals surface area contributed by atoms with E-state index in [0.29, 0.717) is 50.7 Å². The van der Waals surface area contributed by atoms with Crippen molar-refractivity contribution in [2.24, 2.45) is 11.3 Å². The molecule has 0 heterocycles. The molecule has 0 bridgehead atoms. The minimum absolute atomic E-state index is 0.131. The molecule has 0 aliphatic heterocycles. The van der Waals surface area contributed by atoms with Gasteiger partial charge in [0, 0.05) is 25.6 Å². The van der Waals surface area contributed by atoms with Gasteiger partial charge in [-0.05, 0) is 24.7 Å². The Bertz CT molecular complexity index is 269. The maximum Gasteiger partial charge on any atom is 0.135 e. The molecule has 0 radical (unpaired) electrons. The van der Waals surface area contributed by atoms with Gasteiger partial charge in [0.05, 0.1) is 26.4 Å². The topological polar surface area (TPSA) is 44.8 Å². The van der Waals surface area contributed by atoms with Gasteiger partial charge in [0.25, 0.3) is 0 Å². The van der Waals surface area contributed by atoms with Crippen LogP contribution in [-0.2, 0) is 19.0 Å². The van der Waals surface area contributed by atoms with Crippen molar-refractivity contribution in [1.82, 2.24) is 0 Å². The number of hydrogen-bond donors (Lipinski definition) is 0. The van der Waals surface area contributed by atoms with Gasteiger partial charge >= 0.3 is 0 Å². The zero-order valence-corrected chi connectivity index (χ0v) is 15.3. The lowest BCUT2D eigenvalue weighted by Gasteiger charge is -2.17. The number of carbonyl (C=O) groups is 1. The maximum absolute atomic E-state index is 11.4. The van der Waals surface area contributed by atoms with Crippen LogP contribution in [0, 0.1) is 11.3 Å². The molecule has 4 heteroatoms. The van der Waals surface area contributed by atoms with Gasteiger partial charge in [0.2, 0.25) is 0 Å². The summed E-state index contributed by atoms with van der Waals surface area (Å²) in [5.41, 5.74) is 0.386. The molecular weight excluding hydrogens is 280 g/mol. The highest BCUT2D eigenvalue weighted by atomic mass is 16.5. The lowest BCUT2D eigenvalue weighted by Crippen LogP contribution is -2.12. The first-order valence-electron chi connectivity index (χ1n) is 8.59. The summed E-state index contributed by atoms with van der Waals surface area (Å²) in [6.07, 6.45) is 3.69. The summed E-state index contributed by atoms with van der Waals surface area (Å²) in [6, 6.07) is 0. The van der Waals surface area contributed by atoms with E-state index in [1.165, 1.54) is 6.42 Å². The summed E-state index contributed by atoms with van der Waals surface area (Å²) >= 11 is 0. The predicted octanol–water partition coefficient (Wildman–Crippen LogP) is 3.87. The second-order valence-corrected chi connectivity index (χ2v) is 7.23. The van der Waals surface area contributed by atoms with E-state index in [1.807, 2.05) is 13.8 Å². The molecule has 0 rings (SSSR count). The van der Waals surface area contributed by atoms with Crippen molar-refractivity contribution in [3.8, 4) is 0 Å². The molecule has 0 aliphatic carbocycles. The Hall–Kier alpha value is -0.450. The van der Waals surface area contributed by atoms with Crippen LogP contribution in [0.15, 0.2) is 0 Å². The van der Waals surface area contributed by atoms with Crippen LogP contribution >= 0.6 is 0 Å². The van der Waals surface area contributed by atoms with E-state index in [2.05, 4.69) is 20.8 Å². The van der Waals surface area contributed by atoms with Gasteiger partial charge in [0.1, 0.15) is 5.78 Å². The summed E-state index contributed by atoms with van der Waals surface area (Å²) in [5, 5.41) is 0. The van der Waals surface area contributed by atoms with E-state index in [4.69, 9.17) is 14.2 Å². The first-order chi connectivity index (χ1) is 10.3. The number of rotatable bonds is 14. The van der Waals surface area contributed by atoms with Crippen LogP contribution < -0.4 is 0 Å². The van der Waals surface area contributed by atoms with E-state index in [9.17, 15) is 4.79 Å². The van der Waals surface area contributed by atoms with Crippen LogP contribution in [0.25, 0.3) is 0 Å². The monoisotopic (exact) mass is 316 g/mol. The second-order valence-electron chi connectivity index (χ2n) is 7.23. The minimum Gasteiger partial charge on any atom is -0.379 e. The molecule has 22 heavy (non-hydrogen) atoms. The van der Waals surface area contributed by atoms with Crippen molar-refractivity contribution in [3.63, 3.8) is 0 Å². The summed E-state index contributed by atoms with van der Waals surface area (Å²) in [7, 11) is 0. The van der Waals surface area contributed by atoms with Crippen LogP contribution in [0.5, 0.6) is 0 Å². The van der Waals surface area contributed by atoms with Crippen LogP contribution in [0.1, 0.15) is 60.3 Å². The van der Waals surface area contributed by atoms with E-state index in [1.54, 1.807) is 0 Å². The number of ketones is 1. The molecule has 0 aromatic heterocycles. The third kappa shape index (κ3) is 15.9. The van der Waals surface area contributed by atoms with Crippen LogP contribution in [0.3, 0.4) is 0 Å². The van der Waals surface area contributed by atoms with Crippen molar-refractivity contribution < 1.29 is 19.0 Å².